The number of nitriles is 1. The van der Waals surface area contributed by atoms with Gasteiger partial charge in [0.25, 0.3) is 0 Å². The highest BCUT2D eigenvalue weighted by atomic mass is 16.6. The van der Waals surface area contributed by atoms with Gasteiger partial charge in [0, 0.05) is 12.7 Å². The Bertz CT molecular complexity index is 752. The Morgan fingerprint density at radius 2 is 2.00 bits per heavy atom. The molecule has 0 spiro atoms. The molecular formula is C18H17N3O2. The van der Waals surface area contributed by atoms with E-state index >= 15 is 0 Å². The highest BCUT2D eigenvalue weighted by Gasteiger charge is 2.28. The minimum Gasteiger partial charge on any atom is -0.486 e. The third-order valence-corrected chi connectivity index (χ3v) is 4.38. The lowest BCUT2D eigenvalue weighted by atomic mass is 10.0. The Morgan fingerprint density at radius 1 is 1.13 bits per heavy atom. The number of rotatable bonds is 2. The topological polar surface area (TPSA) is 58.4 Å². The van der Waals surface area contributed by atoms with Gasteiger partial charge >= 0.3 is 0 Å². The van der Waals surface area contributed by atoms with E-state index in [0.717, 1.165) is 36.7 Å². The summed E-state index contributed by atoms with van der Waals surface area (Å²) in [7, 11) is 0. The van der Waals surface area contributed by atoms with Crippen LogP contribution in [0.1, 0.15) is 30.0 Å². The van der Waals surface area contributed by atoms with Crippen molar-refractivity contribution in [3.05, 3.63) is 47.7 Å². The average molecular weight is 307 g/mol. The Kier molecular flexibility index (Phi) is 3.51. The highest BCUT2D eigenvalue weighted by Crippen LogP contribution is 2.39. The molecule has 0 bridgehead atoms. The summed E-state index contributed by atoms with van der Waals surface area (Å²) in [6.07, 6.45) is 3.84. The summed E-state index contributed by atoms with van der Waals surface area (Å²) in [6.45, 7) is 2.18. The fraction of sp³-hybridized carbons (Fsp3) is 0.333. The molecule has 0 N–H and O–H groups in total. The molecule has 5 heteroatoms. The zero-order valence-electron chi connectivity index (χ0n) is 12.7. The van der Waals surface area contributed by atoms with E-state index in [1.165, 1.54) is 5.56 Å². The summed E-state index contributed by atoms with van der Waals surface area (Å²) < 4.78 is 11.3. The Labute approximate surface area is 135 Å². The van der Waals surface area contributed by atoms with Crippen molar-refractivity contribution in [2.75, 3.05) is 24.7 Å². The minimum absolute atomic E-state index is 0.284. The van der Waals surface area contributed by atoms with Crippen LogP contribution in [0.25, 0.3) is 0 Å². The van der Waals surface area contributed by atoms with Gasteiger partial charge in [-0.15, -0.1) is 0 Å². The molecule has 0 amide bonds. The first-order chi connectivity index (χ1) is 11.3. The highest BCUT2D eigenvalue weighted by molar-refractivity contribution is 5.50. The van der Waals surface area contributed by atoms with E-state index in [1.54, 1.807) is 6.20 Å². The van der Waals surface area contributed by atoms with Gasteiger partial charge in [-0.1, -0.05) is 6.07 Å². The molecule has 2 aliphatic rings. The van der Waals surface area contributed by atoms with E-state index in [2.05, 4.69) is 28.1 Å². The van der Waals surface area contributed by atoms with Gasteiger partial charge in [0.15, 0.2) is 11.5 Å². The Morgan fingerprint density at radius 3 is 2.78 bits per heavy atom. The predicted molar refractivity (Wildman–Crippen MR) is 85.7 cm³/mol. The predicted octanol–water partition coefficient (Wildman–Crippen LogP) is 3.07. The molecule has 0 aliphatic carbocycles. The third-order valence-electron chi connectivity index (χ3n) is 4.38. The number of hydrogen-bond donors (Lipinski definition) is 0. The van der Waals surface area contributed by atoms with E-state index < -0.39 is 0 Å². The smallest absolute Gasteiger partial charge is 0.161 e. The maximum atomic E-state index is 8.91. The average Bonchev–Trinajstić information content (AvgIpc) is 3.11. The van der Waals surface area contributed by atoms with Crippen LogP contribution in [0.5, 0.6) is 11.5 Å². The quantitative estimate of drug-likeness (QED) is 0.853. The van der Waals surface area contributed by atoms with Crippen molar-refractivity contribution < 1.29 is 9.47 Å². The van der Waals surface area contributed by atoms with E-state index in [-0.39, 0.29) is 6.04 Å². The van der Waals surface area contributed by atoms with Gasteiger partial charge in [0.1, 0.15) is 25.1 Å². The number of benzene rings is 1. The van der Waals surface area contributed by atoms with Crippen LogP contribution < -0.4 is 14.4 Å². The minimum atomic E-state index is 0.284. The molecule has 1 aromatic heterocycles. The Balaban J connectivity index is 1.63. The lowest BCUT2D eigenvalue weighted by molar-refractivity contribution is 0.171. The molecule has 4 rings (SSSR count). The maximum Gasteiger partial charge on any atom is 0.161 e. The summed E-state index contributed by atoms with van der Waals surface area (Å²) >= 11 is 0. The monoisotopic (exact) mass is 307 g/mol. The zero-order valence-corrected chi connectivity index (χ0v) is 12.7. The number of nitrogens with zero attached hydrogens (tertiary/aromatic N) is 3. The second kappa shape index (κ2) is 5.81. The second-order valence-electron chi connectivity index (χ2n) is 5.77. The van der Waals surface area contributed by atoms with Crippen LogP contribution >= 0.6 is 0 Å². The van der Waals surface area contributed by atoms with E-state index in [4.69, 9.17) is 14.7 Å². The van der Waals surface area contributed by atoms with Crippen molar-refractivity contribution in [2.24, 2.45) is 0 Å². The van der Waals surface area contributed by atoms with Crippen LogP contribution in [0.3, 0.4) is 0 Å². The van der Waals surface area contributed by atoms with Crippen molar-refractivity contribution in [3.8, 4) is 17.6 Å². The maximum absolute atomic E-state index is 8.91. The number of anilines is 1. The largest absolute Gasteiger partial charge is 0.486 e. The zero-order chi connectivity index (χ0) is 15.6. The van der Waals surface area contributed by atoms with Crippen LogP contribution in [0.15, 0.2) is 36.5 Å². The molecule has 0 saturated carbocycles. The first-order valence-corrected chi connectivity index (χ1v) is 7.87. The molecule has 1 fully saturated rings. The molecule has 3 heterocycles. The molecule has 116 valence electrons. The molecule has 1 aromatic carbocycles. The lowest BCUT2D eigenvalue weighted by Gasteiger charge is -2.27. The van der Waals surface area contributed by atoms with Gasteiger partial charge in [-0.05, 0) is 42.7 Å². The molecule has 0 radical (unpaired) electrons. The molecule has 1 atom stereocenters. The van der Waals surface area contributed by atoms with Gasteiger partial charge < -0.3 is 14.4 Å². The van der Waals surface area contributed by atoms with Crippen LogP contribution in [0.4, 0.5) is 5.82 Å². The normalized spacial score (nSPS) is 19.4. The van der Waals surface area contributed by atoms with Gasteiger partial charge in [0.05, 0.1) is 11.6 Å². The van der Waals surface area contributed by atoms with Gasteiger partial charge in [0.2, 0.25) is 0 Å². The van der Waals surface area contributed by atoms with E-state index in [1.807, 2.05) is 18.2 Å². The fourth-order valence-electron chi connectivity index (χ4n) is 3.28. The van der Waals surface area contributed by atoms with Gasteiger partial charge in [-0.3, -0.25) is 0 Å². The molecule has 2 aromatic rings. The summed E-state index contributed by atoms with van der Waals surface area (Å²) in [6, 6.07) is 12.3. The van der Waals surface area contributed by atoms with Crippen molar-refractivity contribution in [3.63, 3.8) is 0 Å². The van der Waals surface area contributed by atoms with Crippen LogP contribution in [0.2, 0.25) is 0 Å². The first-order valence-electron chi connectivity index (χ1n) is 7.87. The summed E-state index contributed by atoms with van der Waals surface area (Å²) in [5, 5.41) is 8.91. The van der Waals surface area contributed by atoms with Crippen LogP contribution in [0, 0.1) is 11.3 Å². The molecular weight excluding hydrogens is 290 g/mol. The van der Waals surface area contributed by atoms with Gasteiger partial charge in [-0.25, -0.2) is 4.98 Å². The number of ether oxygens (including phenoxy) is 2. The molecule has 1 saturated heterocycles. The lowest BCUT2D eigenvalue weighted by Crippen LogP contribution is -2.24. The summed E-state index contributed by atoms with van der Waals surface area (Å²) in [5.41, 5.74) is 1.81. The van der Waals surface area contributed by atoms with Crippen LogP contribution in [-0.2, 0) is 0 Å². The summed E-state index contributed by atoms with van der Waals surface area (Å²) in [4.78, 5) is 6.74. The van der Waals surface area contributed by atoms with E-state index in [9.17, 15) is 0 Å². The fourth-order valence-corrected chi connectivity index (χ4v) is 3.28. The number of fused-ring (bicyclic) bond motifs is 1. The molecule has 23 heavy (non-hydrogen) atoms. The van der Waals surface area contributed by atoms with E-state index in [0.29, 0.717) is 18.8 Å². The summed E-state index contributed by atoms with van der Waals surface area (Å²) in [5.74, 6) is 2.57. The molecule has 0 unspecified atom stereocenters. The van der Waals surface area contributed by atoms with Crippen molar-refractivity contribution in [1.82, 2.24) is 4.98 Å². The number of pyridine rings is 1. The van der Waals surface area contributed by atoms with Crippen LogP contribution in [-0.4, -0.2) is 24.7 Å². The van der Waals surface area contributed by atoms with Crippen molar-refractivity contribution in [2.45, 2.75) is 18.9 Å². The number of hydrogen-bond acceptors (Lipinski definition) is 5. The molecule has 5 nitrogen and oxygen atoms in total. The Hall–Kier alpha value is -2.74. The van der Waals surface area contributed by atoms with Crippen molar-refractivity contribution in [1.29, 1.82) is 5.26 Å². The third kappa shape index (κ3) is 2.57. The van der Waals surface area contributed by atoms with Crippen molar-refractivity contribution >= 4 is 5.82 Å². The first kappa shape index (κ1) is 13.9. The number of aromatic nitrogens is 1. The second-order valence-corrected chi connectivity index (χ2v) is 5.77. The standard InChI is InChI=1S/C18H17N3O2/c19-11-13-3-6-18(20-12-13)21-7-1-2-15(21)14-4-5-16-17(10-14)23-9-8-22-16/h3-6,10,12,15H,1-2,7-9H2/t15-/m0/s1. The molecule has 2 aliphatic heterocycles. The van der Waals surface area contributed by atoms with Gasteiger partial charge in [-0.2, -0.15) is 5.26 Å². The SMILES string of the molecule is N#Cc1ccc(N2CCC[C@H]2c2ccc3c(c2)OCCO3)nc1.